The topological polar surface area (TPSA) is 70.1 Å². The predicted molar refractivity (Wildman–Crippen MR) is 132 cm³/mol. The molecule has 180 valence electrons. The van der Waals surface area contributed by atoms with Gasteiger partial charge in [0.15, 0.2) is 5.84 Å². The van der Waals surface area contributed by atoms with Crippen molar-refractivity contribution in [3.05, 3.63) is 101 Å². The van der Waals surface area contributed by atoms with Gasteiger partial charge in [0, 0.05) is 31.6 Å². The van der Waals surface area contributed by atoms with Crippen molar-refractivity contribution < 1.29 is 17.6 Å². The van der Waals surface area contributed by atoms with Crippen LogP contribution in [0.2, 0.25) is 0 Å². The smallest absolute Gasteiger partial charge is 0.285 e. The maximum absolute atomic E-state index is 13.6. The number of benzene rings is 3. The Morgan fingerprint density at radius 1 is 0.943 bits per heavy atom. The quantitative estimate of drug-likeness (QED) is 0.548. The zero-order valence-electron chi connectivity index (χ0n) is 19.3. The lowest BCUT2D eigenvalue weighted by atomic mass is 9.92. The molecule has 0 aliphatic carbocycles. The third kappa shape index (κ3) is 4.46. The second kappa shape index (κ2) is 9.26. The van der Waals surface area contributed by atoms with Crippen LogP contribution in [-0.2, 0) is 14.8 Å². The molecule has 0 bridgehead atoms. The van der Waals surface area contributed by atoms with Gasteiger partial charge in [-0.25, -0.2) is 4.39 Å². The zero-order chi connectivity index (χ0) is 24.6. The molecule has 2 aliphatic rings. The highest BCUT2D eigenvalue weighted by atomic mass is 32.2. The first kappa shape index (κ1) is 23.2. The third-order valence-corrected chi connectivity index (χ3v) is 8.12. The number of carbonyl (C=O) groups is 1. The van der Waals surface area contributed by atoms with Crippen LogP contribution in [0.1, 0.15) is 35.6 Å². The summed E-state index contributed by atoms with van der Waals surface area (Å²) in [6.45, 7) is 1.08. The summed E-state index contributed by atoms with van der Waals surface area (Å²) >= 11 is 0. The molecule has 2 heterocycles. The van der Waals surface area contributed by atoms with Crippen molar-refractivity contribution in [3.63, 3.8) is 0 Å². The highest BCUT2D eigenvalue weighted by molar-refractivity contribution is 7.90. The molecule has 1 saturated heterocycles. The van der Waals surface area contributed by atoms with Crippen molar-refractivity contribution in [2.45, 2.75) is 23.8 Å². The molecule has 0 radical (unpaired) electrons. The van der Waals surface area contributed by atoms with Gasteiger partial charge in [-0.1, -0.05) is 54.6 Å². The van der Waals surface area contributed by atoms with E-state index in [4.69, 9.17) is 0 Å². The Morgan fingerprint density at radius 3 is 2.23 bits per heavy atom. The summed E-state index contributed by atoms with van der Waals surface area (Å²) in [5.74, 6) is -0.0327. The minimum Gasteiger partial charge on any atom is -0.355 e. The highest BCUT2D eigenvalue weighted by Gasteiger charge is 2.36. The van der Waals surface area contributed by atoms with Gasteiger partial charge in [0.05, 0.1) is 6.04 Å². The second-order valence-corrected chi connectivity index (χ2v) is 10.5. The Bertz CT molecular complexity index is 1370. The standard InChI is InChI=1S/C27H26FN3O3S/c1-30(25(19-7-3-2-4-8-19)20-11-13-22(28)14-12-20)27(32)21-15-17-31(18-16-21)26-23-9-5-6-10-24(23)35(33,34)29-26/h2-14,21,25H,15-18H2,1H3. The van der Waals surface area contributed by atoms with E-state index in [0.717, 1.165) is 11.1 Å². The van der Waals surface area contributed by atoms with Gasteiger partial charge >= 0.3 is 0 Å². The van der Waals surface area contributed by atoms with E-state index in [1.165, 1.54) is 12.1 Å². The molecular formula is C27H26FN3O3S. The monoisotopic (exact) mass is 491 g/mol. The van der Waals surface area contributed by atoms with Gasteiger partial charge in [-0.05, 0) is 48.2 Å². The van der Waals surface area contributed by atoms with Gasteiger partial charge in [-0.15, -0.1) is 4.40 Å². The molecule has 2 aliphatic heterocycles. The number of amidine groups is 1. The molecule has 1 fully saturated rings. The van der Waals surface area contributed by atoms with Crippen LogP contribution >= 0.6 is 0 Å². The number of piperidine rings is 1. The van der Waals surface area contributed by atoms with Gasteiger partial charge in [-0.2, -0.15) is 8.42 Å². The van der Waals surface area contributed by atoms with E-state index in [9.17, 15) is 17.6 Å². The molecule has 0 saturated carbocycles. The minimum atomic E-state index is -3.68. The highest BCUT2D eigenvalue weighted by Crippen LogP contribution is 2.33. The van der Waals surface area contributed by atoms with Crippen LogP contribution in [-0.4, -0.2) is 50.1 Å². The number of fused-ring (bicyclic) bond motifs is 1. The Balaban J connectivity index is 1.33. The lowest BCUT2D eigenvalue weighted by molar-refractivity contribution is -0.137. The maximum atomic E-state index is 13.6. The maximum Gasteiger partial charge on any atom is 0.285 e. The van der Waals surface area contributed by atoms with Crippen molar-refractivity contribution in [3.8, 4) is 0 Å². The summed E-state index contributed by atoms with van der Waals surface area (Å²) < 4.78 is 42.5. The summed E-state index contributed by atoms with van der Waals surface area (Å²) in [5.41, 5.74) is 2.41. The average molecular weight is 492 g/mol. The Kier molecular flexibility index (Phi) is 6.15. The largest absolute Gasteiger partial charge is 0.355 e. The molecule has 0 aromatic heterocycles. The number of hydrogen-bond donors (Lipinski definition) is 0. The molecule has 35 heavy (non-hydrogen) atoms. The molecule has 0 spiro atoms. The van der Waals surface area contributed by atoms with Crippen LogP contribution < -0.4 is 0 Å². The fourth-order valence-electron chi connectivity index (χ4n) is 4.99. The fraction of sp³-hybridized carbons (Fsp3) is 0.259. The first-order valence-electron chi connectivity index (χ1n) is 11.6. The van der Waals surface area contributed by atoms with E-state index in [1.54, 1.807) is 48.3 Å². The Hall–Kier alpha value is -3.52. The van der Waals surface area contributed by atoms with Gasteiger partial charge in [0.2, 0.25) is 5.91 Å². The molecule has 8 heteroatoms. The summed E-state index contributed by atoms with van der Waals surface area (Å²) in [5, 5.41) is 0. The lowest BCUT2D eigenvalue weighted by Gasteiger charge is -2.37. The number of rotatable bonds is 4. The summed E-state index contributed by atoms with van der Waals surface area (Å²) in [4.78, 5) is 17.5. The van der Waals surface area contributed by atoms with Gasteiger partial charge in [0.1, 0.15) is 10.7 Å². The van der Waals surface area contributed by atoms with Crippen LogP contribution in [0.15, 0.2) is 88.2 Å². The molecule has 5 rings (SSSR count). The number of hydrogen-bond acceptors (Lipinski definition) is 4. The lowest BCUT2D eigenvalue weighted by Crippen LogP contribution is -2.44. The first-order valence-corrected chi connectivity index (χ1v) is 13.1. The third-order valence-electron chi connectivity index (χ3n) is 6.79. The molecule has 0 N–H and O–H groups in total. The van der Waals surface area contributed by atoms with E-state index in [-0.39, 0.29) is 28.6 Å². The van der Waals surface area contributed by atoms with E-state index >= 15 is 0 Å². The summed E-state index contributed by atoms with van der Waals surface area (Å²) in [6, 6.07) is 22.5. The van der Waals surface area contributed by atoms with E-state index in [1.807, 2.05) is 35.2 Å². The number of likely N-dealkylation sites (tertiary alicyclic amines) is 1. The summed E-state index contributed by atoms with van der Waals surface area (Å²) in [7, 11) is -1.89. The Morgan fingerprint density at radius 2 is 1.54 bits per heavy atom. The number of carbonyl (C=O) groups excluding carboxylic acids is 1. The molecule has 1 amide bonds. The van der Waals surface area contributed by atoms with E-state index in [0.29, 0.717) is 37.3 Å². The number of halogens is 1. The number of amides is 1. The van der Waals surface area contributed by atoms with Gasteiger partial charge in [-0.3, -0.25) is 4.79 Å². The van der Waals surface area contributed by atoms with Crippen molar-refractivity contribution >= 4 is 21.8 Å². The fourth-order valence-corrected chi connectivity index (χ4v) is 6.22. The predicted octanol–water partition coefficient (Wildman–Crippen LogP) is 4.23. The van der Waals surface area contributed by atoms with Gasteiger partial charge in [0.25, 0.3) is 10.0 Å². The second-order valence-electron chi connectivity index (χ2n) is 8.96. The molecule has 1 unspecified atom stereocenters. The first-order chi connectivity index (χ1) is 16.8. The van der Waals surface area contributed by atoms with Crippen LogP contribution in [0.3, 0.4) is 0 Å². The average Bonchev–Trinajstić information content (AvgIpc) is 3.16. The molecule has 6 nitrogen and oxygen atoms in total. The van der Waals surface area contributed by atoms with Crippen molar-refractivity contribution in [1.82, 2.24) is 9.80 Å². The van der Waals surface area contributed by atoms with Crippen molar-refractivity contribution in [2.24, 2.45) is 10.3 Å². The summed E-state index contributed by atoms with van der Waals surface area (Å²) in [6.07, 6.45) is 1.19. The van der Waals surface area contributed by atoms with Crippen molar-refractivity contribution in [2.75, 3.05) is 20.1 Å². The minimum absolute atomic E-state index is 0.0178. The van der Waals surface area contributed by atoms with Crippen molar-refractivity contribution in [1.29, 1.82) is 0 Å². The van der Waals surface area contributed by atoms with Crippen LogP contribution in [0.5, 0.6) is 0 Å². The van der Waals surface area contributed by atoms with E-state index in [2.05, 4.69) is 4.40 Å². The van der Waals surface area contributed by atoms with Crippen LogP contribution in [0, 0.1) is 11.7 Å². The Labute approximate surface area is 204 Å². The molecule has 1 atom stereocenters. The molecular weight excluding hydrogens is 465 g/mol. The van der Waals surface area contributed by atoms with Crippen LogP contribution in [0.25, 0.3) is 0 Å². The van der Waals surface area contributed by atoms with Gasteiger partial charge < -0.3 is 9.80 Å². The number of nitrogens with zero attached hydrogens (tertiary/aromatic N) is 3. The normalized spacial score (nSPS) is 18.0. The SMILES string of the molecule is CN(C(=O)C1CCN(C2=NS(=O)(=O)c3ccccc32)CC1)C(c1ccccc1)c1ccc(F)cc1. The van der Waals surface area contributed by atoms with Crippen LogP contribution in [0.4, 0.5) is 4.39 Å². The zero-order valence-corrected chi connectivity index (χ0v) is 20.2. The van der Waals surface area contributed by atoms with E-state index < -0.39 is 10.0 Å². The number of sulfonamides is 1. The molecule has 3 aromatic carbocycles. The molecule has 3 aromatic rings.